The Morgan fingerprint density at radius 2 is 1.73 bits per heavy atom. The summed E-state index contributed by atoms with van der Waals surface area (Å²) in [7, 11) is 0. The Labute approximate surface area is 125 Å². The first-order valence-electron chi connectivity index (χ1n) is 6.69. The fourth-order valence-corrected chi connectivity index (χ4v) is 2.28. The van der Waals surface area contributed by atoms with Gasteiger partial charge in [-0.2, -0.15) is 0 Å². The second kappa shape index (κ2) is 5.07. The molecule has 0 saturated carbocycles. The molecule has 0 saturated heterocycles. The van der Waals surface area contributed by atoms with E-state index in [9.17, 15) is 14.7 Å². The predicted octanol–water partition coefficient (Wildman–Crippen LogP) is 2.31. The minimum Gasteiger partial charge on any atom is -0.502 e. The van der Waals surface area contributed by atoms with Crippen molar-refractivity contribution in [1.29, 1.82) is 0 Å². The van der Waals surface area contributed by atoms with E-state index in [-0.39, 0.29) is 11.3 Å². The highest BCUT2D eigenvalue weighted by Gasteiger charge is 2.21. The number of H-pyrrole nitrogens is 2. The molecular formula is C16H14N2O4. The maximum Gasteiger partial charge on any atom is 0.275 e. The summed E-state index contributed by atoms with van der Waals surface area (Å²) in [6.07, 6.45) is 0. The van der Waals surface area contributed by atoms with E-state index in [4.69, 9.17) is 4.42 Å². The van der Waals surface area contributed by atoms with Crippen molar-refractivity contribution in [2.45, 2.75) is 13.8 Å². The van der Waals surface area contributed by atoms with Crippen LogP contribution in [-0.2, 0) is 0 Å². The second-order valence-corrected chi connectivity index (χ2v) is 5.09. The molecule has 6 nitrogen and oxygen atoms in total. The molecule has 0 aliphatic rings. The van der Waals surface area contributed by atoms with Crippen molar-refractivity contribution in [3.63, 3.8) is 0 Å². The van der Waals surface area contributed by atoms with E-state index in [1.54, 1.807) is 6.92 Å². The van der Waals surface area contributed by atoms with E-state index in [1.807, 2.05) is 31.2 Å². The quantitative estimate of drug-likeness (QED) is 0.676. The van der Waals surface area contributed by atoms with Crippen LogP contribution in [-0.4, -0.2) is 15.3 Å². The average Bonchev–Trinajstić information content (AvgIpc) is 2.85. The summed E-state index contributed by atoms with van der Waals surface area (Å²) in [5.41, 5.74) is 1.31. The molecule has 0 radical (unpaired) electrons. The molecule has 3 rings (SSSR count). The van der Waals surface area contributed by atoms with Crippen molar-refractivity contribution in [1.82, 2.24) is 10.2 Å². The van der Waals surface area contributed by atoms with Crippen LogP contribution in [0.3, 0.4) is 0 Å². The summed E-state index contributed by atoms with van der Waals surface area (Å²) in [4.78, 5) is 23.8. The summed E-state index contributed by atoms with van der Waals surface area (Å²) < 4.78 is 5.41. The standard InChI is InChI=1S/C16H14N2O4/c1-8-3-5-10(6-4-8)13-12(16(21)18-17-13)15-14(20)11(19)7-9(2)22-15/h3-7,20H,1-2H3,(H2,17,18,21). The molecule has 2 heterocycles. The number of aromatic nitrogens is 2. The molecule has 6 heteroatoms. The smallest absolute Gasteiger partial charge is 0.275 e. The van der Waals surface area contributed by atoms with Gasteiger partial charge in [-0.25, -0.2) is 0 Å². The van der Waals surface area contributed by atoms with Crippen LogP contribution in [0.15, 0.2) is 44.3 Å². The third kappa shape index (κ3) is 2.24. The first-order valence-corrected chi connectivity index (χ1v) is 6.69. The Morgan fingerprint density at radius 1 is 1.05 bits per heavy atom. The second-order valence-electron chi connectivity index (χ2n) is 5.09. The van der Waals surface area contributed by atoms with Crippen LogP contribution in [0.25, 0.3) is 22.6 Å². The summed E-state index contributed by atoms with van der Waals surface area (Å²) in [5, 5.41) is 15.2. The third-order valence-corrected chi connectivity index (χ3v) is 3.39. The normalized spacial score (nSPS) is 10.8. The minimum atomic E-state index is -0.589. The molecule has 0 unspecified atom stereocenters. The molecule has 0 amide bonds. The van der Waals surface area contributed by atoms with Gasteiger partial charge in [-0.05, 0) is 13.8 Å². The van der Waals surface area contributed by atoms with Crippen molar-refractivity contribution in [2.24, 2.45) is 0 Å². The Balaban J connectivity index is 2.29. The number of benzene rings is 1. The van der Waals surface area contributed by atoms with Gasteiger partial charge in [0.1, 0.15) is 11.3 Å². The zero-order valence-corrected chi connectivity index (χ0v) is 12.1. The summed E-state index contributed by atoms with van der Waals surface area (Å²) in [5.74, 6) is -0.402. The zero-order valence-electron chi connectivity index (χ0n) is 12.1. The number of aromatic hydroxyl groups is 1. The molecule has 1 aromatic carbocycles. The molecule has 0 bridgehead atoms. The van der Waals surface area contributed by atoms with E-state index >= 15 is 0 Å². The lowest BCUT2D eigenvalue weighted by Crippen LogP contribution is -2.06. The summed E-state index contributed by atoms with van der Waals surface area (Å²) in [6.45, 7) is 3.53. The van der Waals surface area contributed by atoms with Crippen LogP contribution in [0.4, 0.5) is 0 Å². The minimum absolute atomic E-state index is 0.0992. The third-order valence-electron chi connectivity index (χ3n) is 3.39. The molecule has 0 spiro atoms. The van der Waals surface area contributed by atoms with Gasteiger partial charge in [-0.15, -0.1) is 0 Å². The van der Waals surface area contributed by atoms with Crippen molar-refractivity contribution in [2.75, 3.05) is 0 Å². The van der Waals surface area contributed by atoms with E-state index < -0.39 is 16.7 Å². The first kappa shape index (κ1) is 13.9. The predicted molar refractivity (Wildman–Crippen MR) is 82.0 cm³/mol. The van der Waals surface area contributed by atoms with E-state index in [1.165, 1.54) is 6.07 Å². The highest BCUT2D eigenvalue weighted by Crippen LogP contribution is 2.32. The Morgan fingerprint density at radius 3 is 2.41 bits per heavy atom. The van der Waals surface area contributed by atoms with Crippen LogP contribution >= 0.6 is 0 Å². The summed E-state index contributed by atoms with van der Waals surface area (Å²) in [6, 6.07) is 8.64. The number of aryl methyl sites for hydroxylation is 2. The number of rotatable bonds is 2. The molecule has 112 valence electrons. The van der Waals surface area contributed by atoms with Gasteiger partial charge in [-0.1, -0.05) is 29.8 Å². The highest BCUT2D eigenvalue weighted by atomic mass is 16.4. The SMILES string of the molecule is Cc1ccc(-c2[nH][nH]c(=O)c2-c2oc(C)cc(=O)c2O)cc1. The van der Waals surface area contributed by atoms with Gasteiger partial charge in [-0.3, -0.25) is 19.8 Å². The van der Waals surface area contributed by atoms with Gasteiger partial charge in [0.2, 0.25) is 11.2 Å². The fraction of sp³-hybridized carbons (Fsp3) is 0.125. The lowest BCUT2D eigenvalue weighted by Gasteiger charge is -2.05. The Bertz CT molecular complexity index is 946. The van der Waals surface area contributed by atoms with E-state index in [0.717, 1.165) is 11.1 Å². The number of nitrogens with one attached hydrogen (secondary N) is 2. The topological polar surface area (TPSA) is 99.1 Å². The molecule has 3 aromatic rings. The van der Waals surface area contributed by atoms with E-state index in [2.05, 4.69) is 10.2 Å². The van der Waals surface area contributed by atoms with Gasteiger partial charge in [0.15, 0.2) is 5.76 Å². The first-order chi connectivity index (χ1) is 10.5. The average molecular weight is 298 g/mol. The van der Waals surface area contributed by atoms with Crippen LogP contribution in [0.2, 0.25) is 0 Å². The fourth-order valence-electron chi connectivity index (χ4n) is 2.28. The monoisotopic (exact) mass is 298 g/mol. The molecule has 2 aromatic heterocycles. The van der Waals surface area contributed by atoms with Gasteiger partial charge in [0, 0.05) is 11.6 Å². The number of hydrogen-bond acceptors (Lipinski definition) is 4. The van der Waals surface area contributed by atoms with Crippen LogP contribution < -0.4 is 11.0 Å². The molecule has 0 fully saturated rings. The lowest BCUT2D eigenvalue weighted by atomic mass is 10.0. The van der Waals surface area contributed by atoms with Crippen molar-refractivity contribution in [3.05, 3.63) is 62.2 Å². The summed E-state index contributed by atoms with van der Waals surface area (Å²) >= 11 is 0. The maximum absolute atomic E-state index is 12.1. The Hall–Kier alpha value is -3.02. The van der Waals surface area contributed by atoms with E-state index in [0.29, 0.717) is 11.5 Å². The largest absolute Gasteiger partial charge is 0.502 e. The molecule has 22 heavy (non-hydrogen) atoms. The number of hydrogen-bond donors (Lipinski definition) is 3. The Kier molecular flexibility index (Phi) is 3.21. The van der Waals surface area contributed by atoms with Crippen molar-refractivity contribution >= 4 is 0 Å². The van der Waals surface area contributed by atoms with Gasteiger partial charge < -0.3 is 9.52 Å². The number of aromatic amines is 2. The molecule has 0 aliphatic heterocycles. The van der Waals surface area contributed by atoms with Crippen LogP contribution in [0.1, 0.15) is 11.3 Å². The van der Waals surface area contributed by atoms with Gasteiger partial charge >= 0.3 is 0 Å². The van der Waals surface area contributed by atoms with Crippen LogP contribution in [0.5, 0.6) is 5.75 Å². The van der Waals surface area contributed by atoms with Crippen molar-refractivity contribution in [3.8, 4) is 28.3 Å². The lowest BCUT2D eigenvalue weighted by molar-refractivity contribution is 0.430. The van der Waals surface area contributed by atoms with Gasteiger partial charge in [0.05, 0.1) is 5.69 Å². The zero-order chi connectivity index (χ0) is 15.9. The van der Waals surface area contributed by atoms with Gasteiger partial charge in [0.25, 0.3) is 5.56 Å². The maximum atomic E-state index is 12.1. The highest BCUT2D eigenvalue weighted by molar-refractivity contribution is 5.80. The molecule has 0 atom stereocenters. The van der Waals surface area contributed by atoms with Crippen molar-refractivity contribution < 1.29 is 9.52 Å². The molecule has 3 N–H and O–H groups in total. The molecular weight excluding hydrogens is 284 g/mol. The molecule has 0 aliphatic carbocycles. The van der Waals surface area contributed by atoms with Crippen LogP contribution in [0, 0.1) is 13.8 Å².